The van der Waals surface area contributed by atoms with Crippen molar-refractivity contribution in [3.05, 3.63) is 53.9 Å². The smallest absolute Gasteiger partial charge is 0.227 e. The first kappa shape index (κ1) is 23.1. The van der Waals surface area contributed by atoms with Crippen LogP contribution >= 0.6 is 25.3 Å². The minimum absolute atomic E-state index is 0.0924. The van der Waals surface area contributed by atoms with Gasteiger partial charge in [0, 0.05) is 36.0 Å². The van der Waals surface area contributed by atoms with E-state index in [2.05, 4.69) is 55.6 Å². The second-order valence-corrected chi connectivity index (χ2v) is 8.54. The largest absolute Gasteiger partial charge is 0.372 e. The molecule has 1 N–H and O–H groups in total. The van der Waals surface area contributed by atoms with Crippen molar-refractivity contribution >= 4 is 53.1 Å². The lowest BCUT2D eigenvalue weighted by molar-refractivity contribution is -0.00571. The van der Waals surface area contributed by atoms with Crippen LogP contribution in [-0.4, -0.2) is 55.7 Å². The van der Waals surface area contributed by atoms with Crippen LogP contribution in [-0.2, 0) is 4.74 Å². The summed E-state index contributed by atoms with van der Waals surface area (Å²) in [6.45, 7) is 5.47. The maximum Gasteiger partial charge on any atom is 0.227 e. The number of hydrogen-bond donors (Lipinski definition) is 3. The molecule has 0 amide bonds. The Morgan fingerprint density at radius 2 is 1.73 bits per heavy atom. The van der Waals surface area contributed by atoms with Gasteiger partial charge in [0.25, 0.3) is 0 Å². The summed E-state index contributed by atoms with van der Waals surface area (Å²) in [4.78, 5) is 34.7. The summed E-state index contributed by atoms with van der Waals surface area (Å²) in [7, 11) is 0. The minimum atomic E-state index is -0.519. The molecular weight excluding hydrogens is 460 g/mol. The fourth-order valence-corrected chi connectivity index (χ4v) is 4.10. The van der Waals surface area contributed by atoms with Gasteiger partial charge in [0.2, 0.25) is 16.2 Å². The van der Waals surface area contributed by atoms with Crippen LogP contribution in [0, 0.1) is 0 Å². The normalized spacial score (nSPS) is 18.1. The van der Waals surface area contributed by atoms with Crippen LogP contribution in [0.5, 0.6) is 0 Å². The van der Waals surface area contributed by atoms with Gasteiger partial charge in [-0.2, -0.15) is 10.1 Å². The molecule has 4 rings (SSSR count). The first-order chi connectivity index (χ1) is 15.8. The molecule has 0 spiro atoms. The van der Waals surface area contributed by atoms with Crippen LogP contribution in [0.3, 0.4) is 0 Å². The molecule has 9 nitrogen and oxygen atoms in total. The Morgan fingerprint density at radius 3 is 2.42 bits per heavy atom. The van der Waals surface area contributed by atoms with Gasteiger partial charge in [-0.05, 0) is 43.7 Å². The van der Waals surface area contributed by atoms with E-state index in [-0.39, 0.29) is 23.3 Å². The minimum Gasteiger partial charge on any atom is -0.372 e. The Labute approximate surface area is 201 Å². The Balaban J connectivity index is 1.58. The summed E-state index contributed by atoms with van der Waals surface area (Å²) in [5.74, 6) is 1.64. The molecule has 0 unspecified atom stereocenters. The average molecular weight is 483 g/mol. The molecule has 1 fully saturated rings. The highest BCUT2D eigenvalue weighted by molar-refractivity contribution is 7.98. The molecule has 1 saturated heterocycles. The Hall–Kier alpha value is -3.02. The number of aromatic nitrogens is 4. The molecule has 170 valence electrons. The van der Waals surface area contributed by atoms with Gasteiger partial charge in [-0.1, -0.05) is 6.07 Å². The van der Waals surface area contributed by atoms with Crippen molar-refractivity contribution in [2.75, 3.05) is 23.3 Å². The molecule has 3 heterocycles. The Morgan fingerprint density at radius 1 is 1.00 bits per heavy atom. The number of hydrogen-bond acceptors (Lipinski definition) is 9. The summed E-state index contributed by atoms with van der Waals surface area (Å²) in [6, 6.07) is 8.37. The van der Waals surface area contributed by atoms with E-state index in [0.29, 0.717) is 41.8 Å². The third-order valence-corrected chi connectivity index (χ3v) is 5.55. The number of carbonyl (C=O) groups is 2. The van der Waals surface area contributed by atoms with E-state index in [0.717, 1.165) is 0 Å². The topological polar surface area (TPSA) is 110 Å². The predicted octanol–water partition coefficient (Wildman–Crippen LogP) is 3.43. The number of ether oxygens (including phenoxy) is 1. The molecule has 0 radical (unpaired) electrons. The molecule has 33 heavy (non-hydrogen) atoms. The lowest BCUT2D eigenvalue weighted by Crippen LogP contribution is -2.46. The van der Waals surface area contributed by atoms with Crippen molar-refractivity contribution in [2.45, 2.75) is 26.1 Å². The zero-order chi connectivity index (χ0) is 23.5. The van der Waals surface area contributed by atoms with Crippen molar-refractivity contribution in [1.29, 1.82) is 0 Å². The Bertz CT molecular complexity index is 1200. The monoisotopic (exact) mass is 482 g/mol. The molecule has 1 aromatic carbocycles. The van der Waals surface area contributed by atoms with Crippen molar-refractivity contribution in [1.82, 2.24) is 20.2 Å². The van der Waals surface area contributed by atoms with Crippen LogP contribution in [0.2, 0.25) is 0 Å². The number of anilines is 3. The first-order valence-electron chi connectivity index (χ1n) is 10.2. The molecule has 1 aliphatic rings. The van der Waals surface area contributed by atoms with Crippen LogP contribution in [0.25, 0.3) is 11.1 Å². The number of thiol groups is 2. The van der Waals surface area contributed by atoms with Gasteiger partial charge in [-0.15, -0.1) is 30.4 Å². The van der Waals surface area contributed by atoms with Crippen molar-refractivity contribution in [3.63, 3.8) is 0 Å². The zero-order valence-corrected chi connectivity index (χ0v) is 19.8. The van der Waals surface area contributed by atoms with E-state index in [1.54, 1.807) is 42.7 Å². The number of rotatable bonds is 6. The molecule has 11 heteroatoms. The summed E-state index contributed by atoms with van der Waals surface area (Å²) in [5, 5.41) is 10.3. The van der Waals surface area contributed by atoms with Gasteiger partial charge in [-0.3, -0.25) is 9.59 Å². The highest BCUT2D eigenvalue weighted by Gasteiger charge is 2.24. The lowest BCUT2D eigenvalue weighted by Gasteiger charge is -2.35. The predicted molar refractivity (Wildman–Crippen MR) is 132 cm³/mol. The van der Waals surface area contributed by atoms with E-state index in [9.17, 15) is 9.59 Å². The molecule has 0 bridgehead atoms. The molecule has 2 aromatic heterocycles. The highest BCUT2D eigenvalue weighted by atomic mass is 32.1. The Kier molecular flexibility index (Phi) is 6.91. The van der Waals surface area contributed by atoms with Crippen LogP contribution in [0.1, 0.15) is 34.6 Å². The molecule has 2 atom stereocenters. The summed E-state index contributed by atoms with van der Waals surface area (Å²) < 4.78 is 5.78. The van der Waals surface area contributed by atoms with E-state index < -0.39 is 10.2 Å². The number of benzene rings is 1. The van der Waals surface area contributed by atoms with Crippen molar-refractivity contribution in [2.24, 2.45) is 0 Å². The number of morpholine rings is 1. The summed E-state index contributed by atoms with van der Waals surface area (Å²) >= 11 is 7.69. The third kappa shape index (κ3) is 5.49. The number of nitrogens with zero attached hydrogens (tertiary/aromatic N) is 5. The summed E-state index contributed by atoms with van der Waals surface area (Å²) in [6.07, 6.45) is 3.44. The second kappa shape index (κ2) is 9.86. The number of carbonyl (C=O) groups excluding carboxylic acids is 2. The van der Waals surface area contributed by atoms with Crippen molar-refractivity contribution < 1.29 is 14.3 Å². The summed E-state index contributed by atoms with van der Waals surface area (Å²) in [5.41, 5.74) is 1.76. The maximum absolute atomic E-state index is 11.9. The van der Waals surface area contributed by atoms with Crippen LogP contribution in [0.4, 0.5) is 17.6 Å². The van der Waals surface area contributed by atoms with Gasteiger partial charge in [0.05, 0.1) is 18.4 Å². The second-order valence-electron chi connectivity index (χ2n) is 7.73. The van der Waals surface area contributed by atoms with E-state index >= 15 is 0 Å². The van der Waals surface area contributed by atoms with Gasteiger partial charge in [0.1, 0.15) is 5.82 Å². The lowest BCUT2D eigenvalue weighted by atomic mass is 10.0. The van der Waals surface area contributed by atoms with Gasteiger partial charge in [0.15, 0.2) is 5.82 Å². The van der Waals surface area contributed by atoms with Gasteiger partial charge >= 0.3 is 0 Å². The van der Waals surface area contributed by atoms with Gasteiger partial charge < -0.3 is 15.0 Å². The van der Waals surface area contributed by atoms with Crippen LogP contribution in [0.15, 0.2) is 42.7 Å². The van der Waals surface area contributed by atoms with Crippen molar-refractivity contribution in [3.8, 4) is 11.1 Å². The van der Waals surface area contributed by atoms with Crippen LogP contribution < -0.4 is 10.2 Å². The molecule has 0 aliphatic carbocycles. The molecule has 1 aliphatic heterocycles. The quantitative estimate of drug-likeness (QED) is 0.455. The van der Waals surface area contributed by atoms with E-state index in [1.807, 2.05) is 13.8 Å². The van der Waals surface area contributed by atoms with E-state index in [1.165, 1.54) is 0 Å². The standard InChI is InChI=1S/C22H22N6O3S2/c1-12-10-28(11-13(2)31-12)22-23-6-5-18(26-22)25-19-8-15(9-24-27-19)14-3-4-16(20(29)32)17(7-14)21(30)33/h3-9,12-13H,10-11H2,1-2H3,(H,29,32)(H,30,33)(H,23,25,26,27)/t12-,13+. The highest BCUT2D eigenvalue weighted by Crippen LogP contribution is 2.26. The first-order valence-corrected chi connectivity index (χ1v) is 11.1. The maximum atomic E-state index is 11.9. The third-order valence-electron chi connectivity index (χ3n) is 5.07. The fourth-order valence-electron chi connectivity index (χ4n) is 3.72. The zero-order valence-electron chi connectivity index (χ0n) is 18.0. The molecular formula is C22H22N6O3S2. The van der Waals surface area contributed by atoms with E-state index in [4.69, 9.17) is 4.74 Å². The molecule has 3 aromatic rings. The molecule has 0 saturated carbocycles. The SMILES string of the molecule is C[C@@H]1CN(c2nccc(Nc3cc(-c4ccc(C(=O)S)c(C(=O)S)c4)cnn3)n2)C[C@H](C)O1. The average Bonchev–Trinajstić information content (AvgIpc) is 2.78. The number of nitrogens with one attached hydrogen (secondary N) is 1. The van der Waals surface area contributed by atoms with Gasteiger partial charge in [-0.25, -0.2) is 4.98 Å². The fraction of sp³-hybridized carbons (Fsp3) is 0.273.